The van der Waals surface area contributed by atoms with E-state index < -0.39 is 0 Å². The number of pyridine rings is 4. The largest absolute Gasteiger partial charge is 0.512 e. The van der Waals surface area contributed by atoms with Crippen molar-refractivity contribution < 1.29 is 138 Å². The van der Waals surface area contributed by atoms with Crippen LogP contribution in [0.3, 0.4) is 0 Å². The second-order valence-electron chi connectivity index (χ2n) is 27.8. The molecule has 0 saturated carbocycles. The third-order valence-corrected chi connectivity index (χ3v) is 17.3. The zero-order valence-corrected chi connectivity index (χ0v) is 79.3. The van der Waals surface area contributed by atoms with Crippen LogP contribution >= 0.6 is 0 Å². The molecule has 0 atom stereocenters. The molecule has 16 aromatic rings. The van der Waals surface area contributed by atoms with Gasteiger partial charge in [0.05, 0.1) is 47.8 Å². The van der Waals surface area contributed by atoms with Gasteiger partial charge in [0, 0.05) is 149 Å². The minimum atomic E-state index is -0.125. The molecule has 8 aromatic heterocycles. The molecule has 0 fully saturated rings. The number of fused-ring (bicyclic) bond motifs is 4. The molecule has 8 heterocycles. The third-order valence-electron chi connectivity index (χ3n) is 17.3. The molecule has 122 heavy (non-hydrogen) atoms. The summed E-state index contributed by atoms with van der Waals surface area (Å²) in [5.74, 6) is 3.27. The van der Waals surface area contributed by atoms with E-state index >= 15 is 0 Å². The Balaban J connectivity index is 0.000000259. The van der Waals surface area contributed by atoms with Gasteiger partial charge in [-0.1, -0.05) is 120 Å². The van der Waals surface area contributed by atoms with Gasteiger partial charge in [0.25, 0.3) is 0 Å². The summed E-state index contributed by atoms with van der Waals surface area (Å²) in [5, 5.41) is 37.7. The van der Waals surface area contributed by atoms with Gasteiger partial charge in [0.2, 0.25) is 0 Å². The normalized spacial score (nSPS) is 10.7. The van der Waals surface area contributed by atoms with Crippen molar-refractivity contribution in [1.82, 2.24) is 19.9 Å². The van der Waals surface area contributed by atoms with E-state index in [0.29, 0.717) is 0 Å². The summed E-state index contributed by atoms with van der Waals surface area (Å²) >= 11 is 0. The molecule has 16 nitrogen and oxygen atoms in total. The van der Waals surface area contributed by atoms with E-state index in [-0.39, 0.29) is 127 Å². The molecule has 0 spiro atoms. The fraction of sp³-hybridized carbons (Fsp3) is 0.137. The van der Waals surface area contributed by atoms with Crippen LogP contribution in [-0.4, -0.2) is 63.5 Å². The van der Waals surface area contributed by atoms with Crippen molar-refractivity contribution in [3.05, 3.63) is 360 Å². The van der Waals surface area contributed by atoms with E-state index in [1.807, 2.05) is 140 Å². The van der Waals surface area contributed by atoms with Gasteiger partial charge < -0.3 is 58.0 Å². The number of aliphatic hydroxyl groups excluding tert-OH is 4. The monoisotopic (exact) mass is 2340 g/mol. The van der Waals surface area contributed by atoms with Crippen molar-refractivity contribution in [3.63, 3.8) is 0 Å². The van der Waals surface area contributed by atoms with Gasteiger partial charge in [0.15, 0.2) is 45.5 Å². The van der Waals surface area contributed by atoms with Gasteiger partial charge in [0.1, 0.15) is 23.0 Å². The molecule has 16 rings (SSSR count). The zero-order chi connectivity index (χ0) is 85.0. The Labute approximate surface area is 765 Å². The molecule has 0 aliphatic rings. The van der Waals surface area contributed by atoms with Crippen LogP contribution in [0.4, 0.5) is 0 Å². The van der Waals surface area contributed by atoms with Crippen LogP contribution in [0.2, 0.25) is 0 Å². The van der Waals surface area contributed by atoms with Crippen molar-refractivity contribution >= 4 is 67.0 Å². The Morgan fingerprint density at radius 3 is 0.811 bits per heavy atom. The van der Waals surface area contributed by atoms with Crippen LogP contribution in [0.1, 0.15) is 88.8 Å². The summed E-state index contributed by atoms with van der Waals surface area (Å²) in [6.07, 6.45) is 11.8. The molecule has 0 unspecified atom stereocenters. The fourth-order valence-corrected chi connectivity index (χ4v) is 12.4. The number of aromatic nitrogens is 4. The topological polar surface area (TPSA) is 253 Å². The molecule has 0 aliphatic carbocycles. The van der Waals surface area contributed by atoms with Gasteiger partial charge in [-0.25, -0.2) is 0 Å². The summed E-state index contributed by atoms with van der Waals surface area (Å²) in [6.45, 7) is 24.1. The average molecular weight is 2330 g/mol. The molecule has 0 bridgehead atoms. The van der Waals surface area contributed by atoms with Gasteiger partial charge in [-0.2, -0.15) is 0 Å². The summed E-state index contributed by atoms with van der Waals surface area (Å²) in [5.41, 5.74) is 22.7. The number of furan rings is 4. The predicted octanol–water partition coefficient (Wildman–Crippen LogP) is 25.8. The van der Waals surface area contributed by atoms with E-state index in [0.717, 1.165) is 129 Å². The van der Waals surface area contributed by atoms with Crippen LogP contribution in [-0.2, 0) is 99.6 Å². The van der Waals surface area contributed by atoms with Crippen molar-refractivity contribution in [2.45, 2.75) is 96.9 Å². The van der Waals surface area contributed by atoms with E-state index in [1.54, 1.807) is 24.8 Å². The van der Waals surface area contributed by atoms with E-state index in [4.69, 9.17) is 38.1 Å². The standard InChI is InChI=1S/C22H18NO.C21H16NO.C20H14NO.C19H12NO.4C5H8O2.4Ir/c1-14-9-15(2)22(16(3)10-14)20-12-18-11-19(23-13-21(18)24-20)17-7-5-4-6-8-17;1-14-7-6-8-15(2)21(14)19-12-17-11-18(22-13-20(17)23-19)16-9-4-3-5-10-16;1-14-7-9-16(10-8-14)19-12-17-11-18(21-13-20(17)22-19)15-5-3-2-4-6-15;1-3-7-14(8-4-1)17-11-16-12-18(21-19(16)13-20-17)15-9-5-2-6-10-15;4*1-4(6)3-5(2)7;;;;/h4-7,9-13H,1-3H3;3-9,11-13H,1-2H3;2-5,7-13H,1H3;1-7,9-13H;4*3,6H,1-2H3;;;;/q4*-1;;;;;;;;. The molecular weight excluding hydrogens is 2240 g/mol. The Morgan fingerprint density at radius 1 is 0.287 bits per heavy atom. The number of hydrogen-bond acceptors (Lipinski definition) is 16. The van der Waals surface area contributed by atoms with Crippen molar-refractivity contribution in [2.24, 2.45) is 0 Å². The molecule has 4 radical (unpaired) electrons. The zero-order valence-electron chi connectivity index (χ0n) is 69.7. The number of carbonyl (C=O) groups is 4. The number of rotatable bonds is 12. The summed E-state index contributed by atoms with van der Waals surface area (Å²) in [4.78, 5) is 58.0. The number of aliphatic hydroxyl groups is 4. The van der Waals surface area contributed by atoms with Gasteiger partial charge >= 0.3 is 0 Å². The SMILES string of the molecule is CC(=O)C=C(C)O.CC(=O)C=C(C)O.CC(=O)C=C(C)O.CC(=O)C=C(C)O.Cc1cc(C)c(-c2cc3cc(-c4[c-]cccc4)ncc3o2)c(C)c1.Cc1ccc(-c2cc3cc(-c4[c-]cccc4)ncc3o2)cc1.Cc1cccc(C)c1-c1cc2cc(-c3[c-]cccc3)ncc2o1.[Ir].[Ir].[Ir].[Ir].[c-]1ccccc1-c1cc2cc(-c3ccccc3)oc2cn1. The molecule has 0 saturated heterocycles. The Bertz CT molecular complexity index is 6030. The minimum absolute atomic E-state index is 0. The second-order valence-corrected chi connectivity index (χ2v) is 27.8. The van der Waals surface area contributed by atoms with Crippen molar-refractivity contribution in [1.29, 1.82) is 0 Å². The molecule has 0 aliphatic heterocycles. The quantitative estimate of drug-likeness (QED) is 0.0504. The predicted molar refractivity (Wildman–Crippen MR) is 472 cm³/mol. The number of carbonyl (C=O) groups excluding carboxylic acids is 4. The third kappa shape index (κ3) is 30.9. The van der Waals surface area contributed by atoms with Gasteiger partial charge in [-0.15, -0.1) is 144 Å². The molecule has 0 amide bonds. The molecule has 4 N–H and O–H groups in total. The number of benzene rings is 8. The van der Waals surface area contributed by atoms with Crippen LogP contribution in [0, 0.1) is 65.8 Å². The summed E-state index contributed by atoms with van der Waals surface area (Å²) in [6, 6.07) is 89.9. The van der Waals surface area contributed by atoms with E-state index in [9.17, 15) is 19.2 Å². The van der Waals surface area contributed by atoms with Crippen LogP contribution in [0.25, 0.3) is 134 Å². The smallest absolute Gasteiger partial charge is 0.155 e. The second kappa shape index (κ2) is 49.6. The maximum absolute atomic E-state index is 10.0. The molecule has 20 heteroatoms. The molecule has 8 aromatic carbocycles. The van der Waals surface area contributed by atoms with Crippen LogP contribution < -0.4 is 0 Å². The molecule has 632 valence electrons. The number of hydrogen-bond donors (Lipinski definition) is 4. The van der Waals surface area contributed by atoms with E-state index in [1.165, 1.54) is 119 Å². The number of aryl methyl sites for hydroxylation is 6. The Hall–Kier alpha value is -12.0. The van der Waals surface area contributed by atoms with Crippen LogP contribution in [0.5, 0.6) is 0 Å². The maximum atomic E-state index is 10.0. The van der Waals surface area contributed by atoms with Crippen molar-refractivity contribution in [3.8, 4) is 90.3 Å². The first-order valence-electron chi connectivity index (χ1n) is 37.8. The fourth-order valence-electron chi connectivity index (χ4n) is 12.4. The Morgan fingerprint density at radius 2 is 0.549 bits per heavy atom. The minimum Gasteiger partial charge on any atom is -0.512 e. The summed E-state index contributed by atoms with van der Waals surface area (Å²) < 4.78 is 23.9. The van der Waals surface area contributed by atoms with Crippen LogP contribution in [0.15, 0.2) is 320 Å². The number of ketones is 4. The first kappa shape index (κ1) is 101. The molecular formula is C102H92Ir4N4O12-4. The van der Waals surface area contributed by atoms with Gasteiger partial charge in [-0.3, -0.25) is 19.2 Å². The summed E-state index contributed by atoms with van der Waals surface area (Å²) in [7, 11) is 0. The van der Waals surface area contributed by atoms with Gasteiger partial charge in [-0.05, 0) is 166 Å². The van der Waals surface area contributed by atoms with E-state index in [2.05, 4.69) is 177 Å². The maximum Gasteiger partial charge on any atom is 0.155 e. The first-order chi connectivity index (χ1) is 56.5. The van der Waals surface area contributed by atoms with Crippen molar-refractivity contribution in [2.75, 3.05) is 0 Å². The number of nitrogens with zero attached hydrogens (tertiary/aromatic N) is 4. The first-order valence-corrected chi connectivity index (χ1v) is 37.8. The Kier molecular flexibility index (Phi) is 40.9. The number of allylic oxidation sites excluding steroid dienone is 8. The average Bonchev–Trinajstić information content (AvgIpc) is 1.65.